The minimum atomic E-state index is -1.18. The molecule has 0 unspecified atom stereocenters. The van der Waals surface area contributed by atoms with Crippen molar-refractivity contribution in [3.63, 3.8) is 0 Å². The lowest BCUT2D eigenvalue weighted by Gasteiger charge is -2.06. The number of carboxylic acids is 4. The molecule has 13 N–H and O–H groups in total. The Morgan fingerprint density at radius 3 is 0.960 bits per heavy atom. The molecule has 25 heavy (non-hydrogen) atoms. The molecule has 0 rings (SSSR count). The van der Waals surface area contributed by atoms with E-state index in [9.17, 15) is 19.2 Å². The van der Waals surface area contributed by atoms with E-state index in [1.807, 2.05) is 0 Å². The van der Waals surface area contributed by atoms with Crippen LogP contribution in [0.4, 0.5) is 0 Å². The second-order valence-corrected chi connectivity index (χ2v) is 4.46. The number of hydrogen-bond donors (Lipinski definition) is 9. The van der Waals surface area contributed by atoms with Gasteiger partial charge in [0.1, 0.15) is 18.1 Å². The number of aliphatic hydroxyl groups excluding tert-OH is 1. The van der Waals surface area contributed by atoms with E-state index in [0.29, 0.717) is 0 Å². The fraction of sp³-hybridized carbons (Fsp3) is 0.667. The first-order valence-corrected chi connectivity index (χ1v) is 6.66. The average Bonchev–Trinajstić information content (AvgIpc) is 2.47. The first-order chi connectivity index (χ1) is 11.1. The van der Waals surface area contributed by atoms with Crippen molar-refractivity contribution < 1.29 is 44.7 Å². The van der Waals surface area contributed by atoms with Gasteiger partial charge in [-0.05, 0) is 20.8 Å². The van der Waals surface area contributed by atoms with Gasteiger partial charge in [-0.3, -0.25) is 19.2 Å². The van der Waals surface area contributed by atoms with Crippen molar-refractivity contribution in [3.8, 4) is 0 Å². The predicted octanol–water partition coefficient (Wildman–Crippen LogP) is -3.35. The molecule has 0 aliphatic rings. The zero-order valence-electron chi connectivity index (χ0n) is 14.2. The van der Waals surface area contributed by atoms with Crippen LogP contribution in [0.2, 0.25) is 0 Å². The molecule has 0 saturated carbocycles. The Bertz CT molecular complexity index is 382. The van der Waals surface area contributed by atoms with Crippen LogP contribution in [-0.4, -0.2) is 80.2 Å². The number of carbonyl (C=O) groups is 4. The fourth-order valence-electron chi connectivity index (χ4n) is 0.206. The molecule has 0 fully saturated rings. The molecule has 0 saturated heterocycles. The maximum atomic E-state index is 9.86. The molecule has 0 aromatic rings. The molecule has 0 radical (unpaired) electrons. The molecule has 0 spiro atoms. The van der Waals surface area contributed by atoms with Crippen LogP contribution in [-0.2, 0) is 19.2 Å². The van der Waals surface area contributed by atoms with Gasteiger partial charge in [-0.25, -0.2) is 0 Å². The summed E-state index contributed by atoms with van der Waals surface area (Å²) in [6.07, 6.45) is -0.979. The van der Waals surface area contributed by atoms with Gasteiger partial charge in [0, 0.05) is 0 Å². The van der Waals surface area contributed by atoms with Gasteiger partial charge in [0.25, 0.3) is 0 Å². The smallest absolute Gasteiger partial charge is 0.323 e. The van der Waals surface area contributed by atoms with Gasteiger partial charge in [-0.2, -0.15) is 0 Å². The summed E-state index contributed by atoms with van der Waals surface area (Å²) in [5, 5.41) is 39.9. The molecule has 0 aliphatic carbocycles. The Kier molecular flexibility index (Phi) is 22.0. The van der Waals surface area contributed by atoms with Crippen molar-refractivity contribution in [2.75, 3.05) is 6.54 Å². The summed E-state index contributed by atoms with van der Waals surface area (Å²) in [5.41, 5.74) is 19.2. The van der Waals surface area contributed by atoms with Gasteiger partial charge >= 0.3 is 23.9 Å². The maximum Gasteiger partial charge on any atom is 0.323 e. The van der Waals surface area contributed by atoms with E-state index in [0.717, 1.165) is 0 Å². The highest BCUT2D eigenvalue weighted by atomic mass is 16.4. The van der Waals surface area contributed by atoms with Gasteiger partial charge < -0.3 is 48.5 Å². The molecule has 0 amide bonds. The van der Waals surface area contributed by atoms with E-state index in [2.05, 4.69) is 5.73 Å². The van der Waals surface area contributed by atoms with Crippen molar-refractivity contribution in [3.05, 3.63) is 0 Å². The monoisotopic (exact) mass is 372 g/mol. The van der Waals surface area contributed by atoms with Crippen LogP contribution in [0.3, 0.4) is 0 Å². The Balaban J connectivity index is -0.000000119. The van der Waals surface area contributed by atoms with Crippen molar-refractivity contribution in [2.24, 2.45) is 22.9 Å². The van der Waals surface area contributed by atoms with E-state index in [1.54, 1.807) is 0 Å². The molecule has 0 bridgehead atoms. The van der Waals surface area contributed by atoms with Crippen LogP contribution in [0, 0.1) is 0 Å². The number of hydrogen-bond acceptors (Lipinski definition) is 9. The van der Waals surface area contributed by atoms with Crippen molar-refractivity contribution >= 4 is 23.9 Å². The largest absolute Gasteiger partial charge is 0.480 e. The fourth-order valence-corrected chi connectivity index (χ4v) is 0.206. The summed E-state index contributed by atoms with van der Waals surface area (Å²) in [5.74, 6) is -4.07. The lowest BCUT2D eigenvalue weighted by atomic mass is 10.2. The van der Waals surface area contributed by atoms with Gasteiger partial charge in [0.05, 0.1) is 12.6 Å². The second-order valence-electron chi connectivity index (χ2n) is 4.46. The summed E-state index contributed by atoms with van der Waals surface area (Å²) < 4.78 is 0. The highest BCUT2D eigenvalue weighted by Crippen LogP contribution is 1.85. The molecule has 0 aromatic carbocycles. The molecule has 4 atom stereocenters. The second kappa shape index (κ2) is 18.0. The molecule has 13 nitrogen and oxygen atoms in total. The van der Waals surface area contributed by atoms with Crippen LogP contribution in [0.25, 0.3) is 0 Å². The van der Waals surface area contributed by atoms with Gasteiger partial charge in [-0.15, -0.1) is 0 Å². The zero-order chi connectivity index (χ0) is 21.3. The molecular formula is C12H28N4O9. The normalized spacial score (nSPS) is 13.6. The van der Waals surface area contributed by atoms with E-state index in [-0.39, 0.29) is 6.54 Å². The average molecular weight is 372 g/mol. The number of aliphatic carboxylic acids is 4. The summed E-state index contributed by atoms with van der Waals surface area (Å²) in [6.45, 7) is 3.89. The van der Waals surface area contributed by atoms with Crippen LogP contribution in [0.1, 0.15) is 20.8 Å². The summed E-state index contributed by atoms with van der Waals surface area (Å²) in [6, 6.07) is -2.62. The Hall–Kier alpha value is -2.32. The topological polar surface area (TPSA) is 274 Å². The number of nitrogens with two attached hydrogens (primary N) is 4. The van der Waals surface area contributed by atoms with E-state index in [1.165, 1.54) is 20.8 Å². The summed E-state index contributed by atoms with van der Waals surface area (Å²) in [7, 11) is 0. The van der Waals surface area contributed by atoms with Crippen LogP contribution in [0.15, 0.2) is 0 Å². The van der Waals surface area contributed by atoms with Crippen LogP contribution >= 0.6 is 0 Å². The standard InChI is InChI=1S/C4H9NO3.2C3H7NO2.C2H5NO2/c1-2(6)3(5)4(7)8;2*1-2(4)3(5)6;3-1-2(4)5/h2-3,6H,5H2,1H3,(H,7,8);2*2H,4H2,1H3,(H,5,6);1,3H2,(H,4,5)/t2-,3+;2*2-;/m100./s1. The van der Waals surface area contributed by atoms with Crippen molar-refractivity contribution in [2.45, 2.75) is 45.0 Å². The SMILES string of the molecule is C[C@@H](O)[C@H](N)C(=O)O.C[C@H](N)C(=O)O.C[C@H](N)C(=O)O.NCC(=O)O. The third-order valence-electron chi connectivity index (χ3n) is 1.76. The van der Waals surface area contributed by atoms with E-state index < -0.39 is 48.1 Å². The minimum absolute atomic E-state index is 0.278. The molecule has 150 valence electrons. The number of aliphatic hydroxyl groups is 1. The number of rotatable bonds is 5. The Morgan fingerprint density at radius 1 is 0.760 bits per heavy atom. The highest BCUT2D eigenvalue weighted by Gasteiger charge is 2.16. The molecule has 0 aliphatic heterocycles. The zero-order valence-corrected chi connectivity index (χ0v) is 14.2. The van der Waals surface area contributed by atoms with E-state index in [4.69, 9.17) is 42.7 Å². The predicted molar refractivity (Wildman–Crippen MR) is 86.6 cm³/mol. The first kappa shape index (κ1) is 30.5. The van der Waals surface area contributed by atoms with E-state index >= 15 is 0 Å². The van der Waals surface area contributed by atoms with Crippen LogP contribution in [0.5, 0.6) is 0 Å². The van der Waals surface area contributed by atoms with Gasteiger partial charge in [-0.1, -0.05) is 0 Å². The lowest BCUT2D eigenvalue weighted by Crippen LogP contribution is -2.39. The molecular weight excluding hydrogens is 344 g/mol. The van der Waals surface area contributed by atoms with Gasteiger partial charge in [0.2, 0.25) is 0 Å². The minimum Gasteiger partial charge on any atom is -0.480 e. The third kappa shape index (κ3) is 34.2. The van der Waals surface area contributed by atoms with Crippen molar-refractivity contribution in [1.82, 2.24) is 0 Å². The maximum absolute atomic E-state index is 9.86. The van der Waals surface area contributed by atoms with Crippen molar-refractivity contribution in [1.29, 1.82) is 0 Å². The Labute approximate surface area is 144 Å². The van der Waals surface area contributed by atoms with Crippen LogP contribution < -0.4 is 22.9 Å². The first-order valence-electron chi connectivity index (χ1n) is 6.66. The quantitative estimate of drug-likeness (QED) is 0.228. The van der Waals surface area contributed by atoms with Gasteiger partial charge in [0.15, 0.2) is 0 Å². The molecule has 0 heterocycles. The number of carboxylic acid groups (broad SMARTS) is 4. The molecule has 13 heteroatoms. The summed E-state index contributed by atoms with van der Waals surface area (Å²) >= 11 is 0. The third-order valence-corrected chi connectivity index (χ3v) is 1.76. The molecule has 0 aromatic heterocycles. The lowest BCUT2D eigenvalue weighted by molar-refractivity contribution is -0.141. The highest BCUT2D eigenvalue weighted by molar-refractivity contribution is 5.73. The Morgan fingerprint density at radius 2 is 0.960 bits per heavy atom. The summed E-state index contributed by atoms with van der Waals surface area (Å²) in [4.78, 5) is 38.2.